The van der Waals surface area contributed by atoms with Crippen LogP contribution in [0.3, 0.4) is 0 Å². The minimum absolute atomic E-state index is 0.0705. The zero-order chi connectivity index (χ0) is 16.0. The minimum Gasteiger partial charge on any atom is -0.507 e. The van der Waals surface area contributed by atoms with Crippen LogP contribution in [0.1, 0.15) is 37.0 Å². The van der Waals surface area contributed by atoms with E-state index in [1.807, 2.05) is 0 Å². The Morgan fingerprint density at radius 2 is 2.05 bits per heavy atom. The van der Waals surface area contributed by atoms with Gasteiger partial charge in [-0.05, 0) is 13.3 Å². The van der Waals surface area contributed by atoms with E-state index in [-0.39, 0.29) is 24.3 Å². The number of rotatable bonds is 6. The summed E-state index contributed by atoms with van der Waals surface area (Å²) in [7, 11) is 0. The van der Waals surface area contributed by atoms with E-state index < -0.39 is 28.2 Å². The topological polar surface area (TPSA) is 119 Å². The van der Waals surface area contributed by atoms with Crippen molar-refractivity contribution in [2.45, 2.75) is 26.7 Å². The maximum absolute atomic E-state index is 11.6. The van der Waals surface area contributed by atoms with E-state index in [4.69, 9.17) is 4.74 Å². The molecule has 2 N–H and O–H groups in total. The average Bonchev–Trinajstić information content (AvgIpc) is 2.38. The number of nitro benzene ring substituents is 1. The number of hydrogen-bond acceptors (Lipinski definition) is 6. The van der Waals surface area contributed by atoms with Crippen molar-refractivity contribution in [3.8, 4) is 5.75 Å². The van der Waals surface area contributed by atoms with Crippen LogP contribution in [-0.2, 0) is 9.53 Å². The van der Waals surface area contributed by atoms with Crippen molar-refractivity contribution in [3.05, 3.63) is 27.8 Å². The van der Waals surface area contributed by atoms with Crippen molar-refractivity contribution in [1.82, 2.24) is 0 Å². The van der Waals surface area contributed by atoms with Crippen LogP contribution in [0.15, 0.2) is 12.1 Å². The van der Waals surface area contributed by atoms with Crippen LogP contribution in [0.5, 0.6) is 5.75 Å². The van der Waals surface area contributed by atoms with E-state index in [0.29, 0.717) is 6.42 Å². The molecule has 8 heteroatoms. The molecule has 0 heterocycles. The highest BCUT2D eigenvalue weighted by Crippen LogP contribution is 2.32. The number of ether oxygens (including phenoxy) is 1. The molecule has 0 aliphatic carbocycles. The van der Waals surface area contributed by atoms with Crippen LogP contribution in [0.4, 0.5) is 11.4 Å². The van der Waals surface area contributed by atoms with Crippen LogP contribution in [0, 0.1) is 10.1 Å². The van der Waals surface area contributed by atoms with Crippen molar-refractivity contribution < 1.29 is 24.4 Å². The number of nitrogens with one attached hydrogen (secondary N) is 1. The summed E-state index contributed by atoms with van der Waals surface area (Å²) in [5.41, 5.74) is -0.971. The van der Waals surface area contributed by atoms with E-state index in [0.717, 1.165) is 12.1 Å². The fourth-order valence-corrected chi connectivity index (χ4v) is 1.64. The quantitative estimate of drug-likeness (QED) is 0.472. The number of phenolic OH excluding ortho intramolecular Hbond substituents is 1. The summed E-state index contributed by atoms with van der Waals surface area (Å²) in [6, 6.07) is 1.85. The van der Waals surface area contributed by atoms with Gasteiger partial charge in [0.1, 0.15) is 17.0 Å². The van der Waals surface area contributed by atoms with Gasteiger partial charge in [-0.3, -0.25) is 14.9 Å². The molecule has 114 valence electrons. The van der Waals surface area contributed by atoms with Crippen molar-refractivity contribution in [2.75, 3.05) is 11.9 Å². The highest BCUT2D eigenvalue weighted by atomic mass is 16.6. The number of anilines is 1. The predicted molar refractivity (Wildman–Crippen MR) is 74.3 cm³/mol. The molecule has 21 heavy (non-hydrogen) atoms. The monoisotopic (exact) mass is 296 g/mol. The molecule has 0 aromatic heterocycles. The summed E-state index contributed by atoms with van der Waals surface area (Å²) in [4.78, 5) is 33.4. The van der Waals surface area contributed by atoms with Gasteiger partial charge in [-0.25, -0.2) is 4.79 Å². The average molecular weight is 296 g/mol. The third-order valence-electron chi connectivity index (χ3n) is 2.56. The van der Waals surface area contributed by atoms with Gasteiger partial charge in [-0.1, -0.05) is 6.92 Å². The lowest BCUT2D eigenvalue weighted by molar-refractivity contribution is -0.384. The smallest absolute Gasteiger partial charge is 0.342 e. The lowest BCUT2D eigenvalue weighted by atomic mass is 10.1. The molecule has 0 fully saturated rings. The lowest BCUT2D eigenvalue weighted by Gasteiger charge is -2.09. The number of nitro groups is 1. The predicted octanol–water partition coefficient (Wildman–Crippen LogP) is 2.22. The van der Waals surface area contributed by atoms with Gasteiger partial charge in [-0.15, -0.1) is 0 Å². The Kier molecular flexibility index (Phi) is 5.65. The highest BCUT2D eigenvalue weighted by Gasteiger charge is 2.23. The fraction of sp³-hybridized carbons (Fsp3) is 0.385. The van der Waals surface area contributed by atoms with Gasteiger partial charge in [0.05, 0.1) is 11.5 Å². The fourth-order valence-electron chi connectivity index (χ4n) is 1.64. The third kappa shape index (κ3) is 4.16. The number of benzene rings is 1. The number of aromatic hydroxyl groups is 1. The molecule has 1 aromatic carbocycles. The van der Waals surface area contributed by atoms with Crippen molar-refractivity contribution in [3.63, 3.8) is 0 Å². The van der Waals surface area contributed by atoms with E-state index >= 15 is 0 Å². The summed E-state index contributed by atoms with van der Waals surface area (Å²) >= 11 is 0. The molecule has 0 radical (unpaired) electrons. The molecule has 0 bridgehead atoms. The molecule has 0 saturated heterocycles. The zero-order valence-corrected chi connectivity index (χ0v) is 11.7. The lowest BCUT2D eigenvalue weighted by Crippen LogP contribution is -2.13. The number of carbonyl (C=O) groups excluding carboxylic acids is 2. The molecule has 0 unspecified atom stereocenters. The molecule has 1 rings (SSSR count). The summed E-state index contributed by atoms with van der Waals surface area (Å²) in [5, 5.41) is 23.1. The van der Waals surface area contributed by atoms with Crippen molar-refractivity contribution in [1.29, 1.82) is 0 Å². The van der Waals surface area contributed by atoms with Crippen LogP contribution >= 0.6 is 0 Å². The number of hydrogen-bond donors (Lipinski definition) is 2. The molecule has 0 saturated carbocycles. The first-order chi connectivity index (χ1) is 9.90. The van der Waals surface area contributed by atoms with Gasteiger partial charge in [0.15, 0.2) is 0 Å². The Balaban J connectivity index is 3.21. The third-order valence-corrected chi connectivity index (χ3v) is 2.56. The van der Waals surface area contributed by atoms with Crippen LogP contribution in [0.2, 0.25) is 0 Å². The van der Waals surface area contributed by atoms with Gasteiger partial charge in [0.2, 0.25) is 5.91 Å². The van der Waals surface area contributed by atoms with Crippen LogP contribution in [-0.4, -0.2) is 28.5 Å². The Labute approximate surface area is 120 Å². The first-order valence-corrected chi connectivity index (χ1v) is 6.39. The Morgan fingerprint density at radius 1 is 1.38 bits per heavy atom. The van der Waals surface area contributed by atoms with Gasteiger partial charge in [0.25, 0.3) is 5.69 Å². The van der Waals surface area contributed by atoms with E-state index in [1.54, 1.807) is 13.8 Å². The maximum atomic E-state index is 11.6. The second-order valence-corrected chi connectivity index (χ2v) is 4.16. The maximum Gasteiger partial charge on any atom is 0.342 e. The van der Waals surface area contributed by atoms with E-state index in [1.165, 1.54) is 0 Å². The largest absolute Gasteiger partial charge is 0.507 e. The summed E-state index contributed by atoms with van der Waals surface area (Å²) in [6.45, 7) is 3.43. The van der Waals surface area contributed by atoms with Gasteiger partial charge in [-0.2, -0.15) is 0 Å². The summed E-state index contributed by atoms with van der Waals surface area (Å²) in [5.74, 6) is -1.78. The first-order valence-electron chi connectivity index (χ1n) is 6.39. The number of phenols is 1. The molecular formula is C13H16N2O6. The second kappa shape index (κ2) is 7.22. The molecule has 0 aliphatic rings. The number of amides is 1. The van der Waals surface area contributed by atoms with E-state index in [2.05, 4.69) is 5.32 Å². The van der Waals surface area contributed by atoms with Crippen LogP contribution in [0.25, 0.3) is 0 Å². The first kappa shape index (κ1) is 16.4. The minimum atomic E-state index is -0.871. The zero-order valence-electron chi connectivity index (χ0n) is 11.7. The molecule has 0 atom stereocenters. The number of nitrogens with zero attached hydrogens (tertiary/aromatic N) is 1. The number of esters is 1. The molecule has 0 spiro atoms. The molecule has 8 nitrogen and oxygen atoms in total. The number of carbonyl (C=O) groups is 2. The van der Waals surface area contributed by atoms with Crippen molar-refractivity contribution in [2.24, 2.45) is 0 Å². The van der Waals surface area contributed by atoms with Gasteiger partial charge >= 0.3 is 5.97 Å². The second-order valence-electron chi connectivity index (χ2n) is 4.16. The van der Waals surface area contributed by atoms with Gasteiger partial charge < -0.3 is 15.2 Å². The SMILES string of the molecule is CCCC(=O)Nc1cc(O)c(C(=O)OCC)cc1[N+](=O)[O-]. The Bertz CT molecular complexity index is 570. The molecule has 0 aliphatic heterocycles. The standard InChI is InChI=1S/C13H16N2O6/c1-3-5-12(17)14-9-7-11(16)8(13(18)21-4-2)6-10(9)15(19)20/h6-7,16H,3-5H2,1-2H3,(H,14,17). The molecular weight excluding hydrogens is 280 g/mol. The summed E-state index contributed by atoms with van der Waals surface area (Å²) in [6.07, 6.45) is 0.768. The van der Waals surface area contributed by atoms with Gasteiger partial charge in [0, 0.05) is 18.6 Å². The Morgan fingerprint density at radius 3 is 2.57 bits per heavy atom. The summed E-state index contributed by atoms with van der Waals surface area (Å²) < 4.78 is 4.69. The Hall–Kier alpha value is -2.64. The molecule has 1 aromatic rings. The molecule has 1 amide bonds. The highest BCUT2D eigenvalue weighted by molar-refractivity contribution is 5.98. The van der Waals surface area contributed by atoms with E-state index in [9.17, 15) is 24.8 Å². The normalized spacial score (nSPS) is 10.0. The van der Waals surface area contributed by atoms with Crippen molar-refractivity contribution >= 4 is 23.3 Å². The van der Waals surface area contributed by atoms with Crippen LogP contribution < -0.4 is 5.32 Å².